The highest BCUT2D eigenvalue weighted by atomic mass is 16.5. The van der Waals surface area contributed by atoms with Gasteiger partial charge in [-0.25, -0.2) is 0 Å². The Hall–Kier alpha value is -1.06. The van der Waals surface area contributed by atoms with Gasteiger partial charge in [0.1, 0.15) is 6.10 Å². The lowest BCUT2D eigenvalue weighted by Crippen LogP contribution is -2.22. The van der Waals surface area contributed by atoms with Crippen molar-refractivity contribution in [2.45, 2.75) is 40.2 Å². The van der Waals surface area contributed by atoms with Crippen LogP contribution in [0.3, 0.4) is 0 Å². The van der Waals surface area contributed by atoms with Crippen molar-refractivity contribution in [1.29, 1.82) is 0 Å². The molecule has 0 spiro atoms. The molecule has 0 bridgehead atoms. The van der Waals surface area contributed by atoms with Crippen LogP contribution in [0.1, 0.15) is 34.1 Å². The zero-order valence-corrected chi connectivity index (χ0v) is 9.20. The topological polar surface area (TPSA) is 52.6 Å². The second-order valence-corrected chi connectivity index (χ2v) is 3.42. The van der Waals surface area contributed by atoms with Crippen LogP contribution in [0.15, 0.2) is 0 Å². The SMILES string of the molecule is CC(=O)OCC[C@H](C)[C@@H](C)OC(C)=O. The molecule has 0 radical (unpaired) electrons. The van der Waals surface area contributed by atoms with Crippen LogP contribution in [0.2, 0.25) is 0 Å². The van der Waals surface area contributed by atoms with E-state index in [0.717, 1.165) is 0 Å². The molecule has 14 heavy (non-hydrogen) atoms. The van der Waals surface area contributed by atoms with Crippen molar-refractivity contribution in [1.82, 2.24) is 0 Å². The van der Waals surface area contributed by atoms with Gasteiger partial charge in [0.25, 0.3) is 0 Å². The normalized spacial score (nSPS) is 14.3. The number of hydrogen-bond donors (Lipinski definition) is 0. The molecule has 0 saturated carbocycles. The third kappa shape index (κ3) is 6.46. The molecule has 0 rings (SSSR count). The number of esters is 2. The highest BCUT2D eigenvalue weighted by molar-refractivity contribution is 5.66. The standard InChI is InChI=1S/C10H18O4/c1-7(5-6-13-9(3)11)8(2)14-10(4)12/h7-8H,5-6H2,1-4H3/t7-,8+/m0/s1. The van der Waals surface area contributed by atoms with Crippen molar-refractivity contribution in [3.05, 3.63) is 0 Å². The highest BCUT2D eigenvalue weighted by Gasteiger charge is 2.14. The van der Waals surface area contributed by atoms with E-state index >= 15 is 0 Å². The third-order valence-electron chi connectivity index (χ3n) is 2.03. The maximum absolute atomic E-state index is 10.6. The first-order valence-electron chi connectivity index (χ1n) is 4.74. The van der Waals surface area contributed by atoms with Crippen molar-refractivity contribution in [2.24, 2.45) is 5.92 Å². The Balaban J connectivity index is 3.66. The zero-order chi connectivity index (χ0) is 11.1. The van der Waals surface area contributed by atoms with E-state index < -0.39 is 0 Å². The maximum atomic E-state index is 10.6. The highest BCUT2D eigenvalue weighted by Crippen LogP contribution is 2.11. The van der Waals surface area contributed by atoms with Crippen LogP contribution in [0.5, 0.6) is 0 Å². The smallest absolute Gasteiger partial charge is 0.302 e. The maximum Gasteiger partial charge on any atom is 0.302 e. The van der Waals surface area contributed by atoms with Gasteiger partial charge >= 0.3 is 11.9 Å². The van der Waals surface area contributed by atoms with Gasteiger partial charge in [0, 0.05) is 13.8 Å². The largest absolute Gasteiger partial charge is 0.466 e. The molecule has 4 nitrogen and oxygen atoms in total. The number of ether oxygens (including phenoxy) is 2. The molecule has 0 aromatic heterocycles. The molecule has 0 aromatic carbocycles. The third-order valence-corrected chi connectivity index (χ3v) is 2.03. The minimum atomic E-state index is -0.281. The molecular formula is C10H18O4. The predicted molar refractivity (Wildman–Crippen MR) is 51.6 cm³/mol. The molecule has 0 saturated heterocycles. The number of carbonyl (C=O) groups excluding carboxylic acids is 2. The molecule has 0 aliphatic carbocycles. The lowest BCUT2D eigenvalue weighted by molar-refractivity contribution is -0.149. The summed E-state index contributed by atoms with van der Waals surface area (Å²) in [7, 11) is 0. The van der Waals surface area contributed by atoms with Crippen molar-refractivity contribution >= 4 is 11.9 Å². The number of hydrogen-bond acceptors (Lipinski definition) is 4. The fourth-order valence-corrected chi connectivity index (χ4v) is 1.00. The molecule has 2 atom stereocenters. The van der Waals surface area contributed by atoms with E-state index in [2.05, 4.69) is 0 Å². The average Bonchev–Trinajstić information content (AvgIpc) is 2.01. The van der Waals surface area contributed by atoms with Gasteiger partial charge in [0.2, 0.25) is 0 Å². The average molecular weight is 202 g/mol. The summed E-state index contributed by atoms with van der Waals surface area (Å²) in [6.45, 7) is 6.93. The Bertz CT molecular complexity index is 200. The first kappa shape index (κ1) is 12.9. The molecule has 0 aliphatic rings. The lowest BCUT2D eigenvalue weighted by atomic mass is 10.0. The fourth-order valence-electron chi connectivity index (χ4n) is 1.00. The Kier molecular flexibility index (Phi) is 5.92. The summed E-state index contributed by atoms with van der Waals surface area (Å²) in [6, 6.07) is 0. The number of rotatable bonds is 5. The van der Waals surface area contributed by atoms with Crippen molar-refractivity contribution < 1.29 is 19.1 Å². The van der Waals surface area contributed by atoms with Crippen LogP contribution in [-0.2, 0) is 19.1 Å². The van der Waals surface area contributed by atoms with Crippen LogP contribution >= 0.6 is 0 Å². The predicted octanol–water partition coefficient (Wildman–Crippen LogP) is 1.53. The van der Waals surface area contributed by atoms with Gasteiger partial charge in [-0.3, -0.25) is 9.59 Å². The van der Waals surface area contributed by atoms with Crippen LogP contribution in [0.4, 0.5) is 0 Å². The molecule has 0 unspecified atom stereocenters. The number of carbonyl (C=O) groups is 2. The molecule has 82 valence electrons. The van der Waals surface area contributed by atoms with E-state index in [0.29, 0.717) is 13.0 Å². The summed E-state index contributed by atoms with van der Waals surface area (Å²) >= 11 is 0. The first-order valence-corrected chi connectivity index (χ1v) is 4.74. The summed E-state index contributed by atoms with van der Waals surface area (Å²) < 4.78 is 9.78. The monoisotopic (exact) mass is 202 g/mol. The Morgan fingerprint density at radius 1 is 1.14 bits per heavy atom. The molecule has 4 heteroatoms. The molecule has 0 aliphatic heterocycles. The Labute approximate surface area is 84.6 Å². The van der Waals surface area contributed by atoms with Crippen molar-refractivity contribution in [2.75, 3.05) is 6.61 Å². The van der Waals surface area contributed by atoms with Crippen LogP contribution in [-0.4, -0.2) is 24.6 Å². The fraction of sp³-hybridized carbons (Fsp3) is 0.800. The van der Waals surface area contributed by atoms with Crippen LogP contribution in [0, 0.1) is 5.92 Å². The Morgan fingerprint density at radius 3 is 2.14 bits per heavy atom. The molecule has 0 aromatic rings. The van der Waals surface area contributed by atoms with Gasteiger partial charge in [-0.2, -0.15) is 0 Å². The minimum absolute atomic E-state index is 0.136. The van der Waals surface area contributed by atoms with Gasteiger partial charge in [-0.15, -0.1) is 0 Å². The molecule has 0 amide bonds. The van der Waals surface area contributed by atoms with E-state index in [9.17, 15) is 9.59 Å². The van der Waals surface area contributed by atoms with Gasteiger partial charge in [0.15, 0.2) is 0 Å². The Morgan fingerprint density at radius 2 is 1.71 bits per heavy atom. The van der Waals surface area contributed by atoms with E-state index in [1.165, 1.54) is 13.8 Å². The van der Waals surface area contributed by atoms with Gasteiger partial charge < -0.3 is 9.47 Å². The van der Waals surface area contributed by atoms with Crippen LogP contribution in [0.25, 0.3) is 0 Å². The quantitative estimate of drug-likeness (QED) is 0.634. The zero-order valence-electron chi connectivity index (χ0n) is 9.20. The molecule has 0 heterocycles. The van der Waals surface area contributed by atoms with Crippen molar-refractivity contribution in [3.63, 3.8) is 0 Å². The molecule has 0 fully saturated rings. The van der Waals surface area contributed by atoms with Gasteiger partial charge in [-0.05, 0) is 19.3 Å². The minimum Gasteiger partial charge on any atom is -0.466 e. The molecular weight excluding hydrogens is 184 g/mol. The van der Waals surface area contributed by atoms with E-state index in [1.807, 2.05) is 13.8 Å². The van der Waals surface area contributed by atoms with E-state index in [1.54, 1.807) is 0 Å². The van der Waals surface area contributed by atoms with E-state index in [4.69, 9.17) is 9.47 Å². The molecule has 0 N–H and O–H groups in total. The summed E-state index contributed by atoms with van der Waals surface area (Å²) in [5.41, 5.74) is 0. The second kappa shape index (κ2) is 6.40. The summed E-state index contributed by atoms with van der Waals surface area (Å²) in [4.78, 5) is 21.1. The van der Waals surface area contributed by atoms with Gasteiger partial charge in [0.05, 0.1) is 6.61 Å². The van der Waals surface area contributed by atoms with Crippen LogP contribution < -0.4 is 0 Å². The summed E-state index contributed by atoms with van der Waals surface area (Å²) in [5, 5.41) is 0. The summed E-state index contributed by atoms with van der Waals surface area (Å²) in [5.74, 6) is -0.368. The second-order valence-electron chi connectivity index (χ2n) is 3.42. The van der Waals surface area contributed by atoms with Crippen molar-refractivity contribution in [3.8, 4) is 0 Å². The van der Waals surface area contributed by atoms with Gasteiger partial charge in [-0.1, -0.05) is 6.92 Å². The summed E-state index contributed by atoms with van der Waals surface area (Å²) in [6.07, 6.45) is 0.566. The lowest BCUT2D eigenvalue weighted by Gasteiger charge is -2.19. The van der Waals surface area contributed by atoms with E-state index in [-0.39, 0.29) is 24.0 Å². The first-order chi connectivity index (χ1) is 6.43.